The average Bonchev–Trinajstić information content (AvgIpc) is 2.66. The van der Waals surface area contributed by atoms with E-state index in [1.54, 1.807) is 0 Å². The lowest BCUT2D eigenvalue weighted by molar-refractivity contribution is 0.959. The zero-order valence-corrected chi connectivity index (χ0v) is 11.3. The van der Waals surface area contributed by atoms with Gasteiger partial charge in [0.25, 0.3) is 0 Å². The Hall–Kier alpha value is -1.74. The molecule has 0 saturated heterocycles. The lowest BCUT2D eigenvalue weighted by atomic mass is 10.1. The highest BCUT2D eigenvalue weighted by Crippen LogP contribution is 2.25. The molecule has 0 N–H and O–H groups in total. The summed E-state index contributed by atoms with van der Waals surface area (Å²) in [6, 6.07) is 14.5. The predicted octanol–water partition coefficient (Wildman–Crippen LogP) is 3.84. The molecule has 1 aromatic heterocycles. The number of aryl methyl sites for hydroxylation is 2. The topological polar surface area (TPSA) is 17.8 Å². The maximum absolute atomic E-state index is 4.70. The van der Waals surface area contributed by atoms with Crippen LogP contribution in [0, 0.1) is 6.92 Å². The van der Waals surface area contributed by atoms with Gasteiger partial charge in [0.2, 0.25) is 0 Å². The number of benzene rings is 2. The third-order valence-corrected chi connectivity index (χ3v) is 3.42. The third-order valence-electron chi connectivity index (χ3n) is 3.14. The Bertz CT molecular complexity index is 728. The number of fused-ring (bicyclic) bond motifs is 1. The van der Waals surface area contributed by atoms with Gasteiger partial charge in [-0.15, -0.1) is 12.6 Å². The summed E-state index contributed by atoms with van der Waals surface area (Å²) in [7, 11) is 2.05. The molecule has 0 bridgehead atoms. The second-order valence-corrected chi connectivity index (χ2v) is 5.05. The van der Waals surface area contributed by atoms with Gasteiger partial charge in [0, 0.05) is 17.5 Å². The first-order valence-electron chi connectivity index (χ1n) is 5.87. The monoisotopic (exact) mass is 254 g/mol. The second kappa shape index (κ2) is 4.18. The molecule has 2 nitrogen and oxygen atoms in total. The van der Waals surface area contributed by atoms with E-state index in [-0.39, 0.29) is 0 Å². The number of rotatable bonds is 1. The lowest BCUT2D eigenvalue weighted by Crippen LogP contribution is -1.92. The molecule has 3 aromatic rings. The molecule has 2 aromatic carbocycles. The van der Waals surface area contributed by atoms with E-state index in [2.05, 4.69) is 54.5 Å². The molecular weight excluding hydrogens is 240 g/mol. The normalized spacial score (nSPS) is 11.1. The van der Waals surface area contributed by atoms with Crippen LogP contribution in [-0.4, -0.2) is 9.55 Å². The molecule has 0 radical (unpaired) electrons. The Kier molecular flexibility index (Phi) is 2.63. The molecule has 0 atom stereocenters. The fourth-order valence-electron chi connectivity index (χ4n) is 2.23. The van der Waals surface area contributed by atoms with Gasteiger partial charge in [-0.2, -0.15) is 0 Å². The summed E-state index contributed by atoms with van der Waals surface area (Å²) in [5.74, 6) is 0.993. The molecule has 0 spiro atoms. The molecule has 3 heteroatoms. The third kappa shape index (κ3) is 1.81. The van der Waals surface area contributed by atoms with Gasteiger partial charge in [0.05, 0.1) is 11.0 Å². The van der Waals surface area contributed by atoms with Crippen LogP contribution in [0.2, 0.25) is 0 Å². The standard InChI is InChI=1S/C15H14N2S/c1-10-4-3-5-11(8-10)15-16-13-9-12(18)6-7-14(13)17(15)2/h3-9,18H,1-2H3. The molecule has 0 fully saturated rings. The molecule has 90 valence electrons. The van der Waals surface area contributed by atoms with Gasteiger partial charge in [0.1, 0.15) is 5.82 Å². The van der Waals surface area contributed by atoms with Crippen LogP contribution in [0.4, 0.5) is 0 Å². The van der Waals surface area contributed by atoms with Crippen LogP contribution in [0.25, 0.3) is 22.4 Å². The van der Waals surface area contributed by atoms with Crippen molar-refractivity contribution < 1.29 is 0 Å². The Morgan fingerprint density at radius 1 is 1.11 bits per heavy atom. The second-order valence-electron chi connectivity index (χ2n) is 4.54. The van der Waals surface area contributed by atoms with Crippen molar-refractivity contribution in [2.75, 3.05) is 0 Å². The number of thiol groups is 1. The van der Waals surface area contributed by atoms with Crippen molar-refractivity contribution in [3.63, 3.8) is 0 Å². The number of nitrogens with zero attached hydrogens (tertiary/aromatic N) is 2. The highest BCUT2D eigenvalue weighted by Gasteiger charge is 2.09. The van der Waals surface area contributed by atoms with E-state index in [1.807, 2.05) is 19.2 Å². The number of imidazole rings is 1. The van der Waals surface area contributed by atoms with E-state index in [0.717, 1.165) is 27.3 Å². The maximum Gasteiger partial charge on any atom is 0.140 e. The summed E-state index contributed by atoms with van der Waals surface area (Å²) in [5.41, 5.74) is 4.51. The van der Waals surface area contributed by atoms with Gasteiger partial charge in [-0.05, 0) is 31.2 Å². The quantitative estimate of drug-likeness (QED) is 0.653. The minimum Gasteiger partial charge on any atom is -0.327 e. The lowest BCUT2D eigenvalue weighted by Gasteiger charge is -2.03. The van der Waals surface area contributed by atoms with Crippen molar-refractivity contribution in [2.45, 2.75) is 11.8 Å². The van der Waals surface area contributed by atoms with Gasteiger partial charge in [-0.1, -0.05) is 23.8 Å². The molecule has 0 aliphatic carbocycles. The molecular formula is C15H14N2S. The van der Waals surface area contributed by atoms with Gasteiger partial charge in [-0.25, -0.2) is 4.98 Å². The van der Waals surface area contributed by atoms with Crippen molar-refractivity contribution in [3.8, 4) is 11.4 Å². The fourth-order valence-corrected chi connectivity index (χ4v) is 2.43. The minimum atomic E-state index is 0.941. The van der Waals surface area contributed by atoms with Crippen LogP contribution in [0.15, 0.2) is 47.4 Å². The van der Waals surface area contributed by atoms with Crippen LogP contribution < -0.4 is 0 Å². The van der Waals surface area contributed by atoms with Gasteiger partial charge in [0.15, 0.2) is 0 Å². The average molecular weight is 254 g/mol. The fraction of sp³-hybridized carbons (Fsp3) is 0.133. The summed E-state index contributed by atoms with van der Waals surface area (Å²) < 4.78 is 2.12. The zero-order chi connectivity index (χ0) is 12.7. The van der Waals surface area contributed by atoms with Crippen LogP contribution in [0.1, 0.15) is 5.56 Å². The Morgan fingerprint density at radius 2 is 1.94 bits per heavy atom. The summed E-state index contributed by atoms with van der Waals surface area (Å²) in [4.78, 5) is 5.64. The van der Waals surface area contributed by atoms with E-state index < -0.39 is 0 Å². The number of aromatic nitrogens is 2. The van der Waals surface area contributed by atoms with Crippen molar-refractivity contribution >= 4 is 23.7 Å². The molecule has 1 heterocycles. The SMILES string of the molecule is Cc1cccc(-c2nc3cc(S)ccc3n2C)c1. The van der Waals surface area contributed by atoms with Gasteiger partial charge < -0.3 is 4.57 Å². The minimum absolute atomic E-state index is 0.941. The van der Waals surface area contributed by atoms with Crippen molar-refractivity contribution in [2.24, 2.45) is 7.05 Å². The highest BCUT2D eigenvalue weighted by atomic mass is 32.1. The van der Waals surface area contributed by atoms with E-state index in [0.29, 0.717) is 0 Å². The van der Waals surface area contributed by atoms with E-state index >= 15 is 0 Å². The number of hydrogen-bond acceptors (Lipinski definition) is 2. The van der Waals surface area contributed by atoms with Gasteiger partial charge >= 0.3 is 0 Å². The summed E-state index contributed by atoms with van der Waals surface area (Å²) >= 11 is 4.36. The van der Waals surface area contributed by atoms with Gasteiger partial charge in [-0.3, -0.25) is 0 Å². The molecule has 3 rings (SSSR count). The summed E-state index contributed by atoms with van der Waals surface area (Å²) in [6.45, 7) is 2.10. The van der Waals surface area contributed by atoms with Crippen molar-refractivity contribution in [1.29, 1.82) is 0 Å². The predicted molar refractivity (Wildman–Crippen MR) is 78.1 cm³/mol. The first-order chi connectivity index (χ1) is 8.65. The first-order valence-corrected chi connectivity index (χ1v) is 6.32. The Balaban J connectivity index is 2.27. The van der Waals surface area contributed by atoms with Crippen LogP contribution in [-0.2, 0) is 7.05 Å². The maximum atomic E-state index is 4.70. The Labute approximate surface area is 112 Å². The van der Waals surface area contributed by atoms with Crippen molar-refractivity contribution in [1.82, 2.24) is 9.55 Å². The van der Waals surface area contributed by atoms with E-state index in [1.165, 1.54) is 5.56 Å². The first kappa shape index (κ1) is 11.4. The van der Waals surface area contributed by atoms with E-state index in [9.17, 15) is 0 Å². The molecule has 0 aliphatic rings. The zero-order valence-electron chi connectivity index (χ0n) is 10.4. The summed E-state index contributed by atoms with van der Waals surface area (Å²) in [6.07, 6.45) is 0. The highest BCUT2D eigenvalue weighted by molar-refractivity contribution is 7.80. The smallest absolute Gasteiger partial charge is 0.140 e. The molecule has 18 heavy (non-hydrogen) atoms. The molecule has 0 unspecified atom stereocenters. The molecule has 0 amide bonds. The summed E-state index contributed by atoms with van der Waals surface area (Å²) in [5, 5.41) is 0. The molecule has 0 saturated carbocycles. The van der Waals surface area contributed by atoms with E-state index in [4.69, 9.17) is 4.98 Å². The molecule has 0 aliphatic heterocycles. The van der Waals surface area contributed by atoms with Crippen LogP contribution in [0.3, 0.4) is 0 Å². The van der Waals surface area contributed by atoms with Crippen LogP contribution in [0.5, 0.6) is 0 Å². The number of hydrogen-bond donors (Lipinski definition) is 1. The largest absolute Gasteiger partial charge is 0.327 e. The van der Waals surface area contributed by atoms with Crippen LogP contribution >= 0.6 is 12.6 Å². The van der Waals surface area contributed by atoms with Crippen molar-refractivity contribution in [3.05, 3.63) is 48.0 Å². The Morgan fingerprint density at radius 3 is 2.72 bits per heavy atom.